The van der Waals surface area contributed by atoms with Crippen LogP contribution in [-0.4, -0.2) is 18.9 Å². The molecule has 0 heterocycles. The van der Waals surface area contributed by atoms with E-state index in [0.717, 1.165) is 6.54 Å². The maximum absolute atomic E-state index is 9.93. The molecule has 0 bridgehead atoms. The second kappa shape index (κ2) is 23.1. The summed E-state index contributed by atoms with van der Waals surface area (Å²) < 4.78 is 0. The van der Waals surface area contributed by atoms with Gasteiger partial charge in [0.15, 0.2) is 0 Å². The van der Waals surface area contributed by atoms with Gasteiger partial charge in [0.1, 0.15) is 0 Å². The topological polar surface area (TPSA) is 72.2 Å². The van der Waals surface area contributed by atoms with Crippen molar-refractivity contribution in [3.8, 4) is 0 Å². The molecule has 68 valence electrons. The highest BCUT2D eigenvalue weighted by atomic mass is 16.1. The van der Waals surface area contributed by atoms with Crippen LogP contribution < -0.4 is 11.1 Å². The van der Waals surface area contributed by atoms with Gasteiger partial charge in [-0.2, -0.15) is 0 Å². The molecule has 4 nitrogen and oxygen atoms in total. The molecule has 11 heavy (non-hydrogen) atoms. The van der Waals surface area contributed by atoms with E-state index in [1.165, 1.54) is 6.92 Å². The van der Waals surface area contributed by atoms with Gasteiger partial charge in [-0.1, -0.05) is 13.8 Å². The lowest BCUT2D eigenvalue weighted by molar-refractivity contribution is -0.118. The van der Waals surface area contributed by atoms with E-state index >= 15 is 0 Å². The molecule has 0 aliphatic carbocycles. The Hall–Kier alpha value is -1.06. The van der Waals surface area contributed by atoms with E-state index in [4.69, 9.17) is 4.79 Å². The monoisotopic (exact) mass is 162 g/mol. The van der Waals surface area contributed by atoms with Gasteiger partial charge < -0.3 is 11.1 Å². The molecule has 0 saturated heterocycles. The van der Waals surface area contributed by atoms with E-state index < -0.39 is 0 Å². The fourth-order valence-corrected chi connectivity index (χ4v) is 0.249. The Morgan fingerprint density at radius 2 is 1.82 bits per heavy atom. The second-order valence-electron chi connectivity index (χ2n) is 1.22. The van der Waals surface area contributed by atoms with Crippen LogP contribution in [-0.2, 0) is 9.59 Å². The van der Waals surface area contributed by atoms with Gasteiger partial charge in [-0.25, -0.2) is 0 Å². The summed E-state index contributed by atoms with van der Waals surface area (Å²) in [5.74, 6) is 0.0394. The third kappa shape index (κ3) is 114. The van der Waals surface area contributed by atoms with Gasteiger partial charge in [-0.3, -0.25) is 9.59 Å². The number of nitrogens with one attached hydrogen (secondary N) is 1. The number of nitrogens with two attached hydrogens (primary N) is 1. The molecular weight excluding hydrogens is 144 g/mol. The number of hydrogen-bond acceptors (Lipinski definition) is 2. The van der Waals surface area contributed by atoms with Crippen molar-refractivity contribution in [2.24, 2.45) is 5.73 Å². The van der Waals surface area contributed by atoms with E-state index in [0.29, 0.717) is 0 Å². The second-order valence-corrected chi connectivity index (χ2v) is 1.22. The zero-order chi connectivity index (χ0) is 9.70. The number of amides is 2. The Balaban J connectivity index is -0.000000109. The summed E-state index contributed by atoms with van der Waals surface area (Å²) in [7, 11) is 0. The van der Waals surface area contributed by atoms with Crippen molar-refractivity contribution in [3.05, 3.63) is 0 Å². The van der Waals surface area contributed by atoms with E-state index in [2.05, 4.69) is 11.1 Å². The Morgan fingerprint density at radius 1 is 1.55 bits per heavy atom. The number of carbonyl (C=O) groups excluding carboxylic acids is 2. The first-order valence-corrected chi connectivity index (χ1v) is 3.58. The van der Waals surface area contributed by atoms with E-state index in [-0.39, 0.29) is 12.3 Å². The summed E-state index contributed by atoms with van der Waals surface area (Å²) in [6, 6.07) is 0. The van der Waals surface area contributed by atoms with Crippen LogP contribution in [0.25, 0.3) is 0 Å². The van der Waals surface area contributed by atoms with Gasteiger partial charge in [0.25, 0.3) is 0 Å². The Labute approximate surface area is 68.2 Å². The van der Waals surface area contributed by atoms with Crippen LogP contribution in [0.3, 0.4) is 0 Å². The van der Waals surface area contributed by atoms with Crippen LogP contribution in [0, 0.1) is 0 Å². The summed E-state index contributed by atoms with van der Waals surface area (Å²) in [5.41, 5.74) is 4.17. The molecule has 0 spiro atoms. The number of primary amides is 1. The van der Waals surface area contributed by atoms with Crippen molar-refractivity contribution in [2.75, 3.05) is 6.54 Å². The van der Waals surface area contributed by atoms with Crippen molar-refractivity contribution in [1.29, 1.82) is 0 Å². The summed E-state index contributed by atoms with van der Waals surface area (Å²) in [6.07, 6.45) is 0.250. The Morgan fingerprint density at radius 3 is 1.82 bits per heavy atom. The van der Waals surface area contributed by atoms with Gasteiger partial charge in [0.2, 0.25) is 12.3 Å². The van der Waals surface area contributed by atoms with Gasteiger partial charge in [0, 0.05) is 13.5 Å². The third-order valence-electron chi connectivity index (χ3n) is 0.426. The lowest BCUT2D eigenvalue weighted by Gasteiger charge is -1.88. The highest BCUT2D eigenvalue weighted by Crippen LogP contribution is 1.54. The Kier molecular flexibility index (Phi) is 34.6. The lowest BCUT2D eigenvalue weighted by Crippen LogP contribution is -2.18. The molecule has 0 aromatic carbocycles. The molecular formula is C7H18N2O2. The largest absolute Gasteiger partial charge is 0.372 e. The number of carbonyl (C=O) groups is 2. The zero-order valence-corrected chi connectivity index (χ0v) is 7.68. The van der Waals surface area contributed by atoms with Crippen molar-refractivity contribution >= 4 is 12.3 Å². The predicted molar refractivity (Wildman–Crippen MR) is 46.0 cm³/mol. The maximum Gasteiger partial charge on any atom is 0.216 e. The van der Waals surface area contributed by atoms with Gasteiger partial charge in [-0.05, 0) is 6.92 Å². The van der Waals surface area contributed by atoms with Crippen molar-refractivity contribution in [2.45, 2.75) is 27.7 Å². The third-order valence-corrected chi connectivity index (χ3v) is 0.426. The predicted octanol–water partition coefficient (Wildman–Crippen LogP) is 0.270. The smallest absolute Gasteiger partial charge is 0.216 e. The molecule has 2 amide bonds. The molecule has 0 aliphatic rings. The van der Waals surface area contributed by atoms with Crippen molar-refractivity contribution < 1.29 is 9.59 Å². The first-order valence-electron chi connectivity index (χ1n) is 3.58. The van der Waals surface area contributed by atoms with Crippen LogP contribution >= 0.6 is 0 Å². The maximum atomic E-state index is 9.93. The van der Waals surface area contributed by atoms with Crippen LogP contribution in [0.15, 0.2) is 0 Å². The van der Waals surface area contributed by atoms with E-state index in [1.54, 1.807) is 0 Å². The standard InChI is InChI=1S/C4H9NO.C2H6.CH3NO/c1-3-5-4(2)6;1-2;2-1-3/h3H2,1-2H3,(H,5,6);1-2H3;1H,(H2,2,3). The van der Waals surface area contributed by atoms with Crippen molar-refractivity contribution in [1.82, 2.24) is 5.32 Å². The summed E-state index contributed by atoms with van der Waals surface area (Å²) in [5, 5.41) is 2.57. The molecule has 3 N–H and O–H groups in total. The van der Waals surface area contributed by atoms with Crippen LogP contribution in [0.2, 0.25) is 0 Å². The average Bonchev–Trinajstić information content (AvgIpc) is 1.93. The van der Waals surface area contributed by atoms with Crippen LogP contribution in [0.5, 0.6) is 0 Å². The minimum absolute atomic E-state index is 0.0394. The quantitative estimate of drug-likeness (QED) is 0.543. The fraction of sp³-hybridized carbons (Fsp3) is 0.714. The van der Waals surface area contributed by atoms with Crippen LogP contribution in [0.1, 0.15) is 27.7 Å². The molecule has 0 aromatic heterocycles. The molecule has 0 atom stereocenters. The SMILES string of the molecule is CC.CCNC(C)=O.NC=O. The first kappa shape index (κ1) is 16.5. The summed E-state index contributed by atoms with van der Waals surface area (Å²) >= 11 is 0. The molecule has 0 aliphatic heterocycles. The lowest BCUT2D eigenvalue weighted by atomic mass is 10.6. The highest BCUT2D eigenvalue weighted by molar-refractivity contribution is 5.72. The number of rotatable bonds is 1. The number of hydrogen-bond donors (Lipinski definition) is 2. The minimum Gasteiger partial charge on any atom is -0.372 e. The summed E-state index contributed by atoms with van der Waals surface area (Å²) in [6.45, 7) is 8.13. The molecule has 0 aromatic rings. The van der Waals surface area contributed by atoms with Gasteiger partial charge in [0.05, 0.1) is 0 Å². The van der Waals surface area contributed by atoms with Gasteiger partial charge in [-0.15, -0.1) is 0 Å². The highest BCUT2D eigenvalue weighted by Gasteiger charge is 1.78. The van der Waals surface area contributed by atoms with E-state index in [1.807, 2.05) is 20.8 Å². The van der Waals surface area contributed by atoms with E-state index in [9.17, 15) is 4.79 Å². The molecule has 0 saturated carbocycles. The zero-order valence-electron chi connectivity index (χ0n) is 7.68. The molecule has 0 rings (SSSR count). The first-order chi connectivity index (χ1) is 5.18. The molecule has 0 unspecified atom stereocenters. The normalized spacial score (nSPS) is 5.82. The fourth-order valence-electron chi connectivity index (χ4n) is 0.249. The minimum atomic E-state index is 0.0394. The molecule has 0 fully saturated rings. The van der Waals surface area contributed by atoms with Crippen molar-refractivity contribution in [3.63, 3.8) is 0 Å². The van der Waals surface area contributed by atoms with Gasteiger partial charge >= 0.3 is 0 Å². The molecule has 0 radical (unpaired) electrons. The Bertz CT molecular complexity index is 84.5. The summed E-state index contributed by atoms with van der Waals surface area (Å²) in [4.78, 5) is 18.5. The van der Waals surface area contributed by atoms with Crippen LogP contribution in [0.4, 0.5) is 0 Å². The molecule has 4 heteroatoms. The average molecular weight is 162 g/mol.